The number of tetrazole rings is 1. The molecule has 1 heterocycles. The van der Waals surface area contributed by atoms with Gasteiger partial charge in [-0.2, -0.15) is 5.21 Å². The number of H-pyrrole nitrogens is 1. The number of rotatable bonds is 2. The zero-order chi connectivity index (χ0) is 11.5. The Labute approximate surface area is 90.1 Å². The van der Waals surface area contributed by atoms with Crippen LogP contribution >= 0.6 is 0 Å². The van der Waals surface area contributed by atoms with Gasteiger partial charge < -0.3 is 4.90 Å². The summed E-state index contributed by atoms with van der Waals surface area (Å²) in [7, 11) is 1.51. The van der Waals surface area contributed by atoms with Crippen molar-refractivity contribution in [1.82, 2.24) is 20.6 Å². The molecule has 0 unspecified atom stereocenters. The lowest BCUT2D eigenvalue weighted by atomic mass is 10.3. The summed E-state index contributed by atoms with van der Waals surface area (Å²) in [6, 6.07) is 5.68. The second kappa shape index (κ2) is 4.05. The highest BCUT2D eigenvalue weighted by atomic mass is 19.1. The van der Waals surface area contributed by atoms with Crippen molar-refractivity contribution in [1.29, 1.82) is 0 Å². The average Bonchev–Trinajstić information content (AvgIpc) is 2.80. The molecule has 1 aromatic heterocycles. The van der Waals surface area contributed by atoms with Crippen LogP contribution in [0.5, 0.6) is 0 Å². The summed E-state index contributed by atoms with van der Waals surface area (Å²) in [6.45, 7) is 0. The minimum absolute atomic E-state index is 0.0632. The minimum Gasteiger partial charge on any atom is -0.308 e. The maximum atomic E-state index is 12.9. The van der Waals surface area contributed by atoms with Crippen LogP contribution in [0.2, 0.25) is 0 Å². The molecule has 0 atom stereocenters. The van der Waals surface area contributed by atoms with E-state index in [9.17, 15) is 9.18 Å². The number of carbonyl (C=O) groups is 1. The quantitative estimate of drug-likeness (QED) is 0.806. The summed E-state index contributed by atoms with van der Waals surface area (Å²) in [5.74, 6) is -0.934. The number of nitrogens with one attached hydrogen (secondary N) is 1. The van der Waals surface area contributed by atoms with E-state index in [1.165, 1.54) is 30.1 Å². The van der Waals surface area contributed by atoms with E-state index in [1.54, 1.807) is 6.07 Å². The van der Waals surface area contributed by atoms with Gasteiger partial charge in [0.1, 0.15) is 5.82 Å². The van der Waals surface area contributed by atoms with Crippen molar-refractivity contribution in [2.24, 2.45) is 0 Å². The second-order valence-corrected chi connectivity index (χ2v) is 3.08. The summed E-state index contributed by atoms with van der Waals surface area (Å²) in [5, 5.41) is 12.6. The summed E-state index contributed by atoms with van der Waals surface area (Å²) < 4.78 is 12.9. The van der Waals surface area contributed by atoms with Crippen molar-refractivity contribution < 1.29 is 9.18 Å². The molecule has 0 bridgehead atoms. The summed E-state index contributed by atoms with van der Waals surface area (Å²) in [6.07, 6.45) is 0. The zero-order valence-electron chi connectivity index (χ0n) is 8.38. The smallest absolute Gasteiger partial charge is 0.299 e. The standard InChI is InChI=1S/C9H8FN5O/c1-15(7-4-2-3-6(10)5-7)9(16)8-11-13-14-12-8/h2-5H,1H3,(H,11,12,13,14). The molecule has 2 rings (SSSR count). The summed E-state index contributed by atoms with van der Waals surface area (Å²) in [4.78, 5) is 13.0. The topological polar surface area (TPSA) is 74.8 Å². The first-order chi connectivity index (χ1) is 7.68. The predicted molar refractivity (Wildman–Crippen MR) is 53.3 cm³/mol. The van der Waals surface area contributed by atoms with E-state index in [0.29, 0.717) is 5.69 Å². The Morgan fingerprint density at radius 3 is 2.94 bits per heavy atom. The van der Waals surface area contributed by atoms with Crippen molar-refractivity contribution in [3.05, 3.63) is 35.9 Å². The Hall–Kier alpha value is -2.31. The van der Waals surface area contributed by atoms with E-state index in [1.807, 2.05) is 0 Å². The van der Waals surface area contributed by atoms with Gasteiger partial charge in [0.25, 0.3) is 11.7 Å². The molecular formula is C9H8FN5O. The van der Waals surface area contributed by atoms with Crippen molar-refractivity contribution >= 4 is 11.6 Å². The highest BCUT2D eigenvalue weighted by Crippen LogP contribution is 2.14. The Bertz CT molecular complexity index is 498. The molecule has 1 aromatic carbocycles. The number of halogens is 1. The number of hydrogen-bond acceptors (Lipinski definition) is 4. The van der Waals surface area contributed by atoms with Crippen molar-refractivity contribution in [2.45, 2.75) is 0 Å². The van der Waals surface area contributed by atoms with E-state index in [-0.39, 0.29) is 5.82 Å². The number of amides is 1. The molecule has 0 saturated heterocycles. The van der Waals surface area contributed by atoms with Crippen LogP contribution in [0.4, 0.5) is 10.1 Å². The van der Waals surface area contributed by atoms with Gasteiger partial charge in [0.2, 0.25) is 0 Å². The average molecular weight is 221 g/mol. The largest absolute Gasteiger partial charge is 0.308 e. The molecule has 0 radical (unpaired) electrons. The van der Waals surface area contributed by atoms with Crippen molar-refractivity contribution in [3.63, 3.8) is 0 Å². The van der Waals surface area contributed by atoms with Crippen LogP contribution < -0.4 is 4.90 Å². The molecule has 7 heteroatoms. The van der Waals surface area contributed by atoms with Gasteiger partial charge in [0.05, 0.1) is 0 Å². The van der Waals surface area contributed by atoms with Crippen LogP contribution in [-0.2, 0) is 0 Å². The second-order valence-electron chi connectivity index (χ2n) is 3.08. The zero-order valence-corrected chi connectivity index (χ0v) is 8.38. The van der Waals surface area contributed by atoms with Crippen LogP contribution in [0.15, 0.2) is 24.3 Å². The van der Waals surface area contributed by atoms with Gasteiger partial charge in [-0.3, -0.25) is 4.79 Å². The maximum absolute atomic E-state index is 12.9. The molecule has 2 aromatic rings. The Balaban J connectivity index is 2.26. The lowest BCUT2D eigenvalue weighted by molar-refractivity contribution is 0.0983. The molecule has 1 amide bonds. The fraction of sp³-hybridized carbons (Fsp3) is 0.111. The first kappa shape index (κ1) is 10.2. The molecule has 82 valence electrons. The summed E-state index contributed by atoms with van der Waals surface area (Å²) >= 11 is 0. The van der Waals surface area contributed by atoms with Gasteiger partial charge in [-0.05, 0) is 23.4 Å². The van der Waals surface area contributed by atoms with E-state index >= 15 is 0 Å². The van der Waals surface area contributed by atoms with Crippen LogP contribution in [0.3, 0.4) is 0 Å². The number of aromatic nitrogens is 4. The molecule has 0 saturated carbocycles. The third-order valence-corrected chi connectivity index (χ3v) is 2.04. The van der Waals surface area contributed by atoms with E-state index in [4.69, 9.17) is 0 Å². The Morgan fingerprint density at radius 2 is 2.31 bits per heavy atom. The summed E-state index contributed by atoms with van der Waals surface area (Å²) in [5.41, 5.74) is 0.426. The van der Waals surface area contributed by atoms with E-state index in [2.05, 4.69) is 20.6 Å². The first-order valence-corrected chi connectivity index (χ1v) is 4.45. The molecular weight excluding hydrogens is 213 g/mol. The maximum Gasteiger partial charge on any atom is 0.299 e. The number of aromatic amines is 1. The van der Waals surface area contributed by atoms with Gasteiger partial charge >= 0.3 is 0 Å². The molecule has 0 spiro atoms. The van der Waals surface area contributed by atoms with Crippen LogP contribution in [0.1, 0.15) is 10.6 Å². The number of carbonyl (C=O) groups excluding carboxylic acids is 1. The number of benzene rings is 1. The number of hydrogen-bond donors (Lipinski definition) is 1. The van der Waals surface area contributed by atoms with Gasteiger partial charge in [-0.1, -0.05) is 6.07 Å². The van der Waals surface area contributed by atoms with E-state index in [0.717, 1.165) is 0 Å². The Morgan fingerprint density at radius 1 is 1.50 bits per heavy atom. The minimum atomic E-state index is -0.459. The van der Waals surface area contributed by atoms with Crippen LogP contribution in [-0.4, -0.2) is 33.6 Å². The van der Waals surface area contributed by atoms with Crippen molar-refractivity contribution in [3.8, 4) is 0 Å². The third kappa shape index (κ3) is 1.88. The molecule has 0 aliphatic rings. The number of anilines is 1. The first-order valence-electron chi connectivity index (χ1n) is 4.45. The third-order valence-electron chi connectivity index (χ3n) is 2.04. The molecule has 0 fully saturated rings. The molecule has 6 nitrogen and oxygen atoms in total. The van der Waals surface area contributed by atoms with Gasteiger partial charge in [0, 0.05) is 12.7 Å². The lowest BCUT2D eigenvalue weighted by Crippen LogP contribution is -2.27. The highest BCUT2D eigenvalue weighted by molar-refractivity contribution is 6.02. The fourth-order valence-corrected chi connectivity index (χ4v) is 1.20. The SMILES string of the molecule is CN(C(=O)c1nn[nH]n1)c1cccc(F)c1. The Kier molecular flexibility index (Phi) is 2.59. The molecule has 1 N–H and O–H groups in total. The van der Waals surface area contributed by atoms with Crippen LogP contribution in [0, 0.1) is 5.82 Å². The lowest BCUT2D eigenvalue weighted by Gasteiger charge is -2.14. The van der Waals surface area contributed by atoms with Gasteiger partial charge in [0.15, 0.2) is 0 Å². The van der Waals surface area contributed by atoms with Crippen molar-refractivity contribution in [2.75, 3.05) is 11.9 Å². The fourth-order valence-electron chi connectivity index (χ4n) is 1.20. The van der Waals surface area contributed by atoms with E-state index < -0.39 is 11.7 Å². The van der Waals surface area contributed by atoms with Gasteiger partial charge in [-0.25, -0.2) is 4.39 Å². The molecule has 0 aliphatic heterocycles. The normalized spacial score (nSPS) is 10.1. The monoisotopic (exact) mass is 221 g/mol. The predicted octanol–water partition coefficient (Wildman–Crippen LogP) is 0.615. The highest BCUT2D eigenvalue weighted by Gasteiger charge is 2.17. The van der Waals surface area contributed by atoms with Crippen LogP contribution in [0.25, 0.3) is 0 Å². The van der Waals surface area contributed by atoms with Gasteiger partial charge in [-0.15, -0.1) is 10.2 Å². The number of nitrogens with zero attached hydrogens (tertiary/aromatic N) is 4. The molecule has 16 heavy (non-hydrogen) atoms. The molecule has 0 aliphatic carbocycles.